The molecule has 0 aromatic heterocycles. The van der Waals surface area contributed by atoms with Crippen LogP contribution in [0.15, 0.2) is 18.2 Å². The Morgan fingerprint density at radius 1 is 1.18 bits per heavy atom. The van der Waals surface area contributed by atoms with Crippen LogP contribution < -0.4 is 10.2 Å². The molecule has 0 bridgehead atoms. The molecule has 0 amide bonds. The second kappa shape index (κ2) is 5.09. The number of rotatable bonds is 1. The molecule has 1 aliphatic rings. The van der Waals surface area contributed by atoms with Gasteiger partial charge >= 0.3 is 0 Å². The third-order valence-corrected chi connectivity index (χ3v) is 3.63. The highest BCUT2D eigenvalue weighted by molar-refractivity contribution is 5.55. The fourth-order valence-corrected chi connectivity index (χ4v) is 2.69. The monoisotopic (exact) mass is 232 g/mol. The lowest BCUT2D eigenvalue weighted by Crippen LogP contribution is -2.38. The number of anilines is 1. The molecule has 2 heteroatoms. The number of benzene rings is 1. The van der Waals surface area contributed by atoms with E-state index in [1.54, 1.807) is 0 Å². The van der Waals surface area contributed by atoms with Crippen LogP contribution in [0.25, 0.3) is 0 Å². The van der Waals surface area contributed by atoms with E-state index in [4.69, 9.17) is 0 Å². The Bertz CT molecular complexity index is 387. The Morgan fingerprint density at radius 3 is 2.65 bits per heavy atom. The number of hydrogen-bond donors (Lipinski definition) is 1. The molecule has 2 rings (SSSR count). The van der Waals surface area contributed by atoms with Crippen LogP contribution in [-0.2, 0) is 0 Å². The highest BCUT2D eigenvalue weighted by atomic mass is 15.2. The zero-order valence-electron chi connectivity index (χ0n) is 11.5. The van der Waals surface area contributed by atoms with Gasteiger partial charge in [0.2, 0.25) is 0 Å². The lowest BCUT2D eigenvalue weighted by Gasteiger charge is -2.32. The predicted molar refractivity (Wildman–Crippen MR) is 74.8 cm³/mol. The van der Waals surface area contributed by atoms with Gasteiger partial charge in [0.15, 0.2) is 0 Å². The van der Waals surface area contributed by atoms with E-state index in [2.05, 4.69) is 56.1 Å². The first kappa shape index (κ1) is 12.4. The number of hydrogen-bond acceptors (Lipinski definition) is 2. The largest absolute Gasteiger partial charge is 0.367 e. The topological polar surface area (TPSA) is 15.3 Å². The minimum absolute atomic E-state index is 0.571. The first-order valence-electron chi connectivity index (χ1n) is 6.62. The van der Waals surface area contributed by atoms with E-state index in [0.29, 0.717) is 12.0 Å². The van der Waals surface area contributed by atoms with Crippen molar-refractivity contribution in [2.45, 2.75) is 33.7 Å². The van der Waals surface area contributed by atoms with Gasteiger partial charge in [0, 0.05) is 24.8 Å². The molecule has 94 valence electrons. The van der Waals surface area contributed by atoms with Crippen molar-refractivity contribution < 1.29 is 0 Å². The summed E-state index contributed by atoms with van der Waals surface area (Å²) in [6, 6.07) is 7.35. The molecule has 1 N–H and O–H groups in total. The molecule has 2 atom stereocenters. The van der Waals surface area contributed by atoms with E-state index < -0.39 is 0 Å². The zero-order chi connectivity index (χ0) is 12.4. The van der Waals surface area contributed by atoms with Gasteiger partial charge in [-0.05, 0) is 44.9 Å². The Labute approximate surface area is 105 Å². The van der Waals surface area contributed by atoms with Gasteiger partial charge in [0.25, 0.3) is 0 Å². The summed E-state index contributed by atoms with van der Waals surface area (Å²) in [5.74, 6) is 0.709. The van der Waals surface area contributed by atoms with Crippen LogP contribution in [0.1, 0.15) is 25.0 Å². The molecule has 1 aromatic rings. The van der Waals surface area contributed by atoms with E-state index >= 15 is 0 Å². The zero-order valence-corrected chi connectivity index (χ0v) is 11.5. The van der Waals surface area contributed by atoms with Crippen molar-refractivity contribution in [2.75, 3.05) is 24.5 Å². The average Bonchev–Trinajstić information content (AvgIpc) is 2.41. The van der Waals surface area contributed by atoms with Gasteiger partial charge in [-0.1, -0.05) is 24.6 Å². The van der Waals surface area contributed by atoms with Crippen LogP contribution in [0.5, 0.6) is 0 Å². The minimum Gasteiger partial charge on any atom is -0.367 e. The predicted octanol–water partition coefficient (Wildman–Crippen LogP) is 2.74. The van der Waals surface area contributed by atoms with E-state index in [-0.39, 0.29) is 0 Å². The van der Waals surface area contributed by atoms with Gasteiger partial charge in [-0.25, -0.2) is 0 Å². The van der Waals surface area contributed by atoms with Gasteiger partial charge in [-0.3, -0.25) is 0 Å². The summed E-state index contributed by atoms with van der Waals surface area (Å²) in [4.78, 5) is 2.55. The van der Waals surface area contributed by atoms with Gasteiger partial charge < -0.3 is 10.2 Å². The molecule has 2 unspecified atom stereocenters. The molecule has 17 heavy (non-hydrogen) atoms. The van der Waals surface area contributed by atoms with Crippen molar-refractivity contribution in [3.05, 3.63) is 29.3 Å². The van der Waals surface area contributed by atoms with E-state index in [1.165, 1.54) is 16.8 Å². The fourth-order valence-electron chi connectivity index (χ4n) is 2.69. The quantitative estimate of drug-likeness (QED) is 0.801. The number of aryl methyl sites for hydroxylation is 2. The molecule has 0 aliphatic carbocycles. The maximum absolute atomic E-state index is 3.54. The summed E-state index contributed by atoms with van der Waals surface area (Å²) in [5, 5.41) is 3.54. The van der Waals surface area contributed by atoms with Crippen LogP contribution in [0.3, 0.4) is 0 Å². The van der Waals surface area contributed by atoms with E-state index in [9.17, 15) is 0 Å². The third-order valence-electron chi connectivity index (χ3n) is 3.63. The number of nitrogens with one attached hydrogen (secondary N) is 1. The molecule has 0 radical (unpaired) electrons. The molecular formula is C15H24N2. The second-order valence-electron chi connectivity index (χ2n) is 5.55. The molecule has 2 nitrogen and oxygen atoms in total. The fraction of sp³-hybridized carbons (Fsp3) is 0.600. The first-order chi connectivity index (χ1) is 8.08. The molecule has 1 heterocycles. The Hall–Kier alpha value is -1.02. The highest BCUT2D eigenvalue weighted by Crippen LogP contribution is 2.25. The van der Waals surface area contributed by atoms with Gasteiger partial charge in [-0.2, -0.15) is 0 Å². The summed E-state index contributed by atoms with van der Waals surface area (Å²) in [7, 11) is 0. The third kappa shape index (κ3) is 2.81. The smallest absolute Gasteiger partial charge is 0.0399 e. The molecule has 1 fully saturated rings. The second-order valence-corrected chi connectivity index (χ2v) is 5.55. The first-order valence-corrected chi connectivity index (χ1v) is 6.62. The van der Waals surface area contributed by atoms with Gasteiger partial charge in [-0.15, -0.1) is 0 Å². The van der Waals surface area contributed by atoms with Crippen molar-refractivity contribution in [3.63, 3.8) is 0 Å². The van der Waals surface area contributed by atoms with E-state index in [0.717, 1.165) is 19.6 Å². The Kier molecular flexibility index (Phi) is 3.72. The lowest BCUT2D eigenvalue weighted by atomic mass is 10.1. The molecule has 1 aromatic carbocycles. The molecular weight excluding hydrogens is 208 g/mol. The van der Waals surface area contributed by atoms with Crippen molar-refractivity contribution in [3.8, 4) is 0 Å². The SMILES string of the molecule is Cc1ccc(N2CC(C)CNCC2C)c(C)c1. The van der Waals surface area contributed by atoms with Crippen molar-refractivity contribution >= 4 is 5.69 Å². The van der Waals surface area contributed by atoms with E-state index in [1.807, 2.05) is 0 Å². The molecule has 1 aliphatic heterocycles. The Balaban J connectivity index is 2.29. The summed E-state index contributed by atoms with van der Waals surface area (Å²) >= 11 is 0. The highest BCUT2D eigenvalue weighted by Gasteiger charge is 2.21. The van der Waals surface area contributed by atoms with Crippen LogP contribution in [-0.4, -0.2) is 25.7 Å². The summed E-state index contributed by atoms with van der Waals surface area (Å²) < 4.78 is 0. The molecule has 0 saturated carbocycles. The van der Waals surface area contributed by atoms with Crippen LogP contribution in [0.4, 0.5) is 5.69 Å². The molecule has 1 saturated heterocycles. The maximum atomic E-state index is 3.54. The van der Waals surface area contributed by atoms with Crippen molar-refractivity contribution in [2.24, 2.45) is 5.92 Å². The number of nitrogens with zero attached hydrogens (tertiary/aromatic N) is 1. The average molecular weight is 232 g/mol. The Morgan fingerprint density at radius 2 is 1.94 bits per heavy atom. The van der Waals surface area contributed by atoms with Crippen LogP contribution in [0.2, 0.25) is 0 Å². The lowest BCUT2D eigenvalue weighted by molar-refractivity contribution is 0.563. The van der Waals surface area contributed by atoms with Crippen molar-refractivity contribution in [1.29, 1.82) is 0 Å². The molecule has 0 spiro atoms. The summed E-state index contributed by atoms with van der Waals surface area (Å²) in [5.41, 5.74) is 4.14. The van der Waals surface area contributed by atoms with Gasteiger partial charge in [0.1, 0.15) is 0 Å². The van der Waals surface area contributed by atoms with Gasteiger partial charge in [0.05, 0.1) is 0 Å². The maximum Gasteiger partial charge on any atom is 0.0399 e. The van der Waals surface area contributed by atoms with Crippen LogP contribution >= 0.6 is 0 Å². The van der Waals surface area contributed by atoms with Crippen LogP contribution in [0, 0.1) is 19.8 Å². The minimum atomic E-state index is 0.571. The summed E-state index contributed by atoms with van der Waals surface area (Å²) in [6.45, 7) is 12.4. The summed E-state index contributed by atoms with van der Waals surface area (Å²) in [6.07, 6.45) is 0. The van der Waals surface area contributed by atoms with Crippen molar-refractivity contribution in [1.82, 2.24) is 5.32 Å². The standard InChI is InChI=1S/C15H24N2/c1-11-5-6-15(13(3)7-11)17-10-12(2)8-16-9-14(17)4/h5-7,12,14,16H,8-10H2,1-4H3. The normalized spacial score (nSPS) is 25.8.